The zero-order valence-corrected chi connectivity index (χ0v) is 14.5. The summed E-state index contributed by atoms with van der Waals surface area (Å²) < 4.78 is 0. The molecule has 0 heteroatoms. The van der Waals surface area contributed by atoms with Gasteiger partial charge in [-0.2, -0.15) is 0 Å². The number of hydrogen-bond donors (Lipinski definition) is 0. The number of rotatable bonds is 1. The van der Waals surface area contributed by atoms with E-state index in [9.17, 15) is 0 Å². The summed E-state index contributed by atoms with van der Waals surface area (Å²) in [6, 6.07) is 21.9. The summed E-state index contributed by atoms with van der Waals surface area (Å²) in [6.45, 7) is 6.73. The fraction of sp³-hybridized carbons (Fsp3) is 0.167. The van der Waals surface area contributed by atoms with E-state index in [1.807, 2.05) is 0 Å². The summed E-state index contributed by atoms with van der Waals surface area (Å²) in [5, 5.41) is 5.23. The van der Waals surface area contributed by atoms with E-state index >= 15 is 0 Å². The quantitative estimate of drug-likeness (QED) is 0.590. The van der Waals surface area contributed by atoms with Crippen LogP contribution in [0.4, 0.5) is 0 Å². The average Bonchev–Trinajstić information content (AvgIpc) is 2.94. The summed E-state index contributed by atoms with van der Waals surface area (Å²) in [6.07, 6.45) is 6.97. The molecule has 0 amide bonds. The minimum absolute atomic E-state index is 0.188. The van der Waals surface area contributed by atoms with Gasteiger partial charge in [0.05, 0.1) is 0 Å². The Morgan fingerprint density at radius 1 is 0.750 bits per heavy atom. The zero-order chi connectivity index (χ0) is 16.7. The Kier molecular flexibility index (Phi) is 3.42. The van der Waals surface area contributed by atoms with Crippen molar-refractivity contribution in [3.05, 3.63) is 82.8 Å². The first-order valence-corrected chi connectivity index (χ1v) is 8.54. The molecule has 1 aliphatic rings. The van der Waals surface area contributed by atoms with Gasteiger partial charge < -0.3 is 0 Å². The minimum Gasteiger partial charge on any atom is -0.0718 e. The SMILES string of the molecule is CC(C)(C)C=C1C=c2cccc(-c3ccc4ccccc4c3)c2=C1. The molecule has 118 valence electrons. The van der Waals surface area contributed by atoms with Crippen LogP contribution in [0.3, 0.4) is 0 Å². The molecule has 0 bridgehead atoms. The smallest absolute Gasteiger partial charge is 0.00994 e. The highest BCUT2D eigenvalue weighted by atomic mass is 14.1. The Hall–Kier alpha value is -2.60. The second-order valence-corrected chi connectivity index (χ2v) is 7.67. The fourth-order valence-corrected chi connectivity index (χ4v) is 3.45. The Bertz CT molecular complexity index is 1070. The first-order chi connectivity index (χ1) is 11.5. The van der Waals surface area contributed by atoms with Crippen molar-refractivity contribution in [3.63, 3.8) is 0 Å². The number of allylic oxidation sites excluding steroid dienone is 2. The van der Waals surface area contributed by atoms with Gasteiger partial charge in [-0.3, -0.25) is 0 Å². The minimum atomic E-state index is 0.188. The van der Waals surface area contributed by atoms with Crippen molar-refractivity contribution in [2.75, 3.05) is 0 Å². The summed E-state index contributed by atoms with van der Waals surface area (Å²) in [5.74, 6) is 0. The van der Waals surface area contributed by atoms with Crippen LogP contribution >= 0.6 is 0 Å². The second kappa shape index (κ2) is 5.49. The van der Waals surface area contributed by atoms with E-state index in [0.29, 0.717) is 0 Å². The molecule has 0 aromatic heterocycles. The maximum Gasteiger partial charge on any atom is -0.00994 e. The lowest BCUT2D eigenvalue weighted by atomic mass is 9.93. The molecule has 1 aliphatic carbocycles. The van der Waals surface area contributed by atoms with Crippen LogP contribution in [-0.4, -0.2) is 0 Å². The maximum absolute atomic E-state index is 2.34. The molecule has 4 rings (SSSR count). The van der Waals surface area contributed by atoms with Gasteiger partial charge in [0.25, 0.3) is 0 Å². The Balaban J connectivity index is 1.91. The molecule has 0 atom stereocenters. The van der Waals surface area contributed by atoms with Gasteiger partial charge in [0.15, 0.2) is 0 Å². The third-order valence-corrected chi connectivity index (χ3v) is 4.43. The van der Waals surface area contributed by atoms with Crippen molar-refractivity contribution < 1.29 is 0 Å². The van der Waals surface area contributed by atoms with Gasteiger partial charge in [-0.25, -0.2) is 0 Å². The molecule has 3 aromatic carbocycles. The Labute approximate surface area is 143 Å². The summed E-state index contributed by atoms with van der Waals surface area (Å²) >= 11 is 0. The number of hydrogen-bond acceptors (Lipinski definition) is 0. The van der Waals surface area contributed by atoms with Crippen LogP contribution in [0.25, 0.3) is 34.1 Å². The summed E-state index contributed by atoms with van der Waals surface area (Å²) in [5.41, 5.74) is 4.10. The topological polar surface area (TPSA) is 0 Å². The Morgan fingerprint density at radius 2 is 1.54 bits per heavy atom. The highest BCUT2D eigenvalue weighted by Crippen LogP contribution is 2.24. The van der Waals surface area contributed by atoms with Gasteiger partial charge in [0.1, 0.15) is 0 Å². The third kappa shape index (κ3) is 2.80. The van der Waals surface area contributed by atoms with Crippen molar-refractivity contribution in [2.24, 2.45) is 5.41 Å². The molecule has 0 radical (unpaired) electrons. The maximum atomic E-state index is 2.34. The van der Waals surface area contributed by atoms with Crippen molar-refractivity contribution >= 4 is 22.9 Å². The lowest BCUT2D eigenvalue weighted by molar-refractivity contribution is 0.543. The summed E-state index contributed by atoms with van der Waals surface area (Å²) in [4.78, 5) is 0. The van der Waals surface area contributed by atoms with E-state index < -0.39 is 0 Å². The average molecular weight is 310 g/mol. The second-order valence-electron chi connectivity index (χ2n) is 7.67. The van der Waals surface area contributed by atoms with Gasteiger partial charge in [-0.1, -0.05) is 81.4 Å². The molecule has 0 saturated carbocycles. The van der Waals surface area contributed by atoms with Crippen molar-refractivity contribution in [1.82, 2.24) is 0 Å². The number of fused-ring (bicyclic) bond motifs is 2. The van der Waals surface area contributed by atoms with Crippen LogP contribution < -0.4 is 10.4 Å². The fourth-order valence-electron chi connectivity index (χ4n) is 3.45. The Morgan fingerprint density at radius 3 is 2.33 bits per heavy atom. The van der Waals surface area contributed by atoms with Gasteiger partial charge >= 0.3 is 0 Å². The van der Waals surface area contributed by atoms with E-state index in [1.165, 1.54) is 37.9 Å². The van der Waals surface area contributed by atoms with Crippen LogP contribution in [0.15, 0.2) is 72.3 Å². The van der Waals surface area contributed by atoms with Crippen molar-refractivity contribution in [2.45, 2.75) is 20.8 Å². The molecule has 0 heterocycles. The van der Waals surface area contributed by atoms with E-state index in [1.54, 1.807) is 0 Å². The van der Waals surface area contributed by atoms with Crippen LogP contribution in [0.1, 0.15) is 20.8 Å². The monoisotopic (exact) mass is 310 g/mol. The standard InChI is InChI=1S/C24H22/c1-24(2,3)16-17-13-20-9-6-10-22(23(20)14-17)21-12-11-18-7-4-5-8-19(18)15-21/h4-16H,1-3H3. The predicted octanol–water partition coefficient (Wildman–Crippen LogP) is 5.05. The molecular formula is C24H22. The van der Waals surface area contributed by atoms with Crippen LogP contribution in [0, 0.1) is 5.41 Å². The van der Waals surface area contributed by atoms with Crippen molar-refractivity contribution in [1.29, 1.82) is 0 Å². The zero-order valence-electron chi connectivity index (χ0n) is 14.5. The molecule has 3 aromatic rings. The molecular weight excluding hydrogens is 288 g/mol. The molecule has 24 heavy (non-hydrogen) atoms. The van der Waals surface area contributed by atoms with Gasteiger partial charge in [-0.05, 0) is 61.5 Å². The van der Waals surface area contributed by atoms with E-state index in [0.717, 1.165) is 0 Å². The lowest BCUT2D eigenvalue weighted by Crippen LogP contribution is -2.22. The van der Waals surface area contributed by atoms with E-state index in [-0.39, 0.29) is 5.41 Å². The largest absolute Gasteiger partial charge is 0.0718 e. The van der Waals surface area contributed by atoms with Crippen LogP contribution in [-0.2, 0) is 0 Å². The van der Waals surface area contributed by atoms with Crippen LogP contribution in [0.5, 0.6) is 0 Å². The number of benzene rings is 3. The van der Waals surface area contributed by atoms with Crippen LogP contribution in [0.2, 0.25) is 0 Å². The molecule has 0 N–H and O–H groups in total. The molecule has 0 nitrogen and oxygen atoms in total. The first kappa shape index (κ1) is 15.0. The lowest BCUT2D eigenvalue weighted by Gasteiger charge is -2.12. The highest BCUT2D eigenvalue weighted by molar-refractivity contribution is 5.88. The van der Waals surface area contributed by atoms with Gasteiger partial charge in [0, 0.05) is 0 Å². The highest BCUT2D eigenvalue weighted by Gasteiger charge is 2.10. The molecule has 0 saturated heterocycles. The summed E-state index contributed by atoms with van der Waals surface area (Å²) in [7, 11) is 0. The molecule has 0 unspecified atom stereocenters. The van der Waals surface area contributed by atoms with E-state index in [4.69, 9.17) is 0 Å². The van der Waals surface area contributed by atoms with Gasteiger partial charge in [0.2, 0.25) is 0 Å². The molecule has 0 aliphatic heterocycles. The third-order valence-electron chi connectivity index (χ3n) is 4.43. The first-order valence-electron chi connectivity index (χ1n) is 8.54. The molecule has 0 spiro atoms. The van der Waals surface area contributed by atoms with Gasteiger partial charge in [-0.15, -0.1) is 0 Å². The van der Waals surface area contributed by atoms with E-state index in [2.05, 4.69) is 99.7 Å². The molecule has 0 fully saturated rings. The normalized spacial score (nSPS) is 15.2. The predicted molar refractivity (Wildman–Crippen MR) is 105 cm³/mol. The van der Waals surface area contributed by atoms with Crippen molar-refractivity contribution in [3.8, 4) is 11.1 Å².